The maximum atomic E-state index is 11.1. The Labute approximate surface area is 89.4 Å². The second-order valence-corrected chi connectivity index (χ2v) is 3.59. The molecule has 0 atom stereocenters. The lowest BCUT2D eigenvalue weighted by atomic mass is 10.4. The average molecular weight is 211 g/mol. The summed E-state index contributed by atoms with van der Waals surface area (Å²) in [6.07, 6.45) is 3.86. The van der Waals surface area contributed by atoms with Gasteiger partial charge in [-0.3, -0.25) is 0 Å². The van der Waals surface area contributed by atoms with E-state index in [2.05, 4.69) is 10.3 Å². The fourth-order valence-corrected chi connectivity index (χ4v) is 1.17. The molecule has 1 rings (SSSR count). The molecule has 0 fully saturated rings. The lowest BCUT2D eigenvalue weighted by Crippen LogP contribution is -2.29. The van der Waals surface area contributed by atoms with Gasteiger partial charge < -0.3 is 14.6 Å². The maximum Gasteiger partial charge on any atom is 0.407 e. The van der Waals surface area contributed by atoms with Gasteiger partial charge in [0.15, 0.2) is 0 Å². The summed E-state index contributed by atoms with van der Waals surface area (Å²) in [5, 5.41) is 2.66. The third kappa shape index (κ3) is 4.01. The number of ether oxygens (including phenoxy) is 1. The first-order chi connectivity index (χ1) is 7.09. The highest BCUT2D eigenvalue weighted by atomic mass is 16.6. The van der Waals surface area contributed by atoms with Gasteiger partial charge in [0, 0.05) is 32.4 Å². The van der Waals surface area contributed by atoms with E-state index in [1.54, 1.807) is 6.20 Å². The van der Waals surface area contributed by atoms with Crippen LogP contribution in [0.3, 0.4) is 0 Å². The number of nitrogens with one attached hydrogen (secondary N) is 1. The number of hydrogen-bond acceptors (Lipinski definition) is 3. The van der Waals surface area contributed by atoms with Gasteiger partial charge in [-0.2, -0.15) is 0 Å². The van der Waals surface area contributed by atoms with Gasteiger partial charge in [0.05, 0.1) is 6.10 Å². The van der Waals surface area contributed by atoms with E-state index < -0.39 is 0 Å². The average Bonchev–Trinajstić information content (AvgIpc) is 2.50. The van der Waals surface area contributed by atoms with Crippen molar-refractivity contribution in [3.63, 3.8) is 0 Å². The first-order valence-electron chi connectivity index (χ1n) is 5.00. The van der Waals surface area contributed by atoms with E-state index in [0.717, 1.165) is 5.82 Å². The standard InChI is InChI=1S/C10H17N3O2/c1-8(2)15-10(14)12-5-4-9-11-6-7-13(9)3/h6-8H,4-5H2,1-3H3,(H,12,14). The van der Waals surface area contributed by atoms with E-state index in [1.807, 2.05) is 31.7 Å². The van der Waals surface area contributed by atoms with Crippen molar-refractivity contribution in [1.29, 1.82) is 0 Å². The molecule has 0 saturated carbocycles. The Balaban J connectivity index is 2.22. The zero-order valence-corrected chi connectivity index (χ0v) is 9.36. The second kappa shape index (κ2) is 5.38. The van der Waals surface area contributed by atoms with Gasteiger partial charge in [-0.05, 0) is 13.8 Å². The van der Waals surface area contributed by atoms with Crippen LogP contribution in [0, 0.1) is 0 Å². The number of imidazole rings is 1. The molecule has 1 aromatic rings. The lowest BCUT2D eigenvalue weighted by molar-refractivity contribution is 0.116. The summed E-state index contributed by atoms with van der Waals surface area (Å²) in [5.41, 5.74) is 0. The molecule has 0 aromatic carbocycles. The maximum absolute atomic E-state index is 11.1. The summed E-state index contributed by atoms with van der Waals surface area (Å²) in [6.45, 7) is 4.17. The van der Waals surface area contributed by atoms with Crippen molar-refractivity contribution in [1.82, 2.24) is 14.9 Å². The van der Waals surface area contributed by atoms with Gasteiger partial charge in [0.1, 0.15) is 5.82 Å². The normalized spacial score (nSPS) is 10.4. The van der Waals surface area contributed by atoms with Crippen LogP contribution in [0.2, 0.25) is 0 Å². The molecule has 0 aliphatic rings. The molecule has 15 heavy (non-hydrogen) atoms. The largest absolute Gasteiger partial charge is 0.447 e. The first-order valence-corrected chi connectivity index (χ1v) is 5.00. The van der Waals surface area contributed by atoms with E-state index in [0.29, 0.717) is 13.0 Å². The van der Waals surface area contributed by atoms with E-state index in [1.165, 1.54) is 0 Å². The molecule has 0 aliphatic heterocycles. The Morgan fingerprint density at radius 3 is 2.93 bits per heavy atom. The molecule has 0 radical (unpaired) electrons. The number of carbonyl (C=O) groups is 1. The minimum atomic E-state index is -0.376. The van der Waals surface area contributed by atoms with Gasteiger partial charge in [-0.15, -0.1) is 0 Å². The number of alkyl carbamates (subject to hydrolysis) is 1. The van der Waals surface area contributed by atoms with E-state index in [4.69, 9.17) is 4.74 Å². The number of rotatable bonds is 4. The van der Waals surface area contributed by atoms with Crippen LogP contribution in [-0.2, 0) is 18.2 Å². The highest BCUT2D eigenvalue weighted by Gasteiger charge is 2.04. The van der Waals surface area contributed by atoms with Crippen molar-refractivity contribution in [2.24, 2.45) is 7.05 Å². The predicted molar refractivity (Wildman–Crippen MR) is 56.5 cm³/mol. The van der Waals surface area contributed by atoms with Gasteiger partial charge >= 0.3 is 6.09 Å². The van der Waals surface area contributed by atoms with Crippen molar-refractivity contribution in [3.05, 3.63) is 18.2 Å². The van der Waals surface area contributed by atoms with Crippen molar-refractivity contribution in [3.8, 4) is 0 Å². The Morgan fingerprint density at radius 1 is 1.67 bits per heavy atom. The predicted octanol–water partition coefficient (Wildman–Crippen LogP) is 1.10. The minimum absolute atomic E-state index is 0.0850. The van der Waals surface area contributed by atoms with Crippen molar-refractivity contribution in [2.75, 3.05) is 6.54 Å². The summed E-state index contributed by atoms with van der Waals surface area (Å²) in [5.74, 6) is 0.944. The van der Waals surface area contributed by atoms with Gasteiger partial charge in [0.2, 0.25) is 0 Å². The molecular formula is C10H17N3O2. The Morgan fingerprint density at radius 2 is 2.40 bits per heavy atom. The van der Waals surface area contributed by atoms with Crippen LogP contribution in [0.15, 0.2) is 12.4 Å². The monoisotopic (exact) mass is 211 g/mol. The van der Waals surface area contributed by atoms with Crippen LogP contribution in [0.4, 0.5) is 4.79 Å². The highest BCUT2D eigenvalue weighted by molar-refractivity contribution is 5.67. The van der Waals surface area contributed by atoms with Crippen molar-refractivity contribution < 1.29 is 9.53 Å². The minimum Gasteiger partial charge on any atom is -0.447 e. The van der Waals surface area contributed by atoms with Crippen LogP contribution in [0.1, 0.15) is 19.7 Å². The fourth-order valence-electron chi connectivity index (χ4n) is 1.17. The molecule has 5 heteroatoms. The van der Waals surface area contributed by atoms with Crippen molar-refractivity contribution >= 4 is 6.09 Å². The quantitative estimate of drug-likeness (QED) is 0.811. The number of hydrogen-bond donors (Lipinski definition) is 1. The van der Waals surface area contributed by atoms with E-state index in [-0.39, 0.29) is 12.2 Å². The Kier molecular flexibility index (Phi) is 4.15. The van der Waals surface area contributed by atoms with Crippen LogP contribution < -0.4 is 5.32 Å². The Hall–Kier alpha value is -1.52. The smallest absolute Gasteiger partial charge is 0.407 e. The molecular weight excluding hydrogens is 194 g/mol. The molecule has 1 aromatic heterocycles. The summed E-state index contributed by atoms with van der Waals surface area (Å²) in [7, 11) is 1.93. The topological polar surface area (TPSA) is 56.1 Å². The zero-order valence-electron chi connectivity index (χ0n) is 9.36. The van der Waals surface area contributed by atoms with Gasteiger partial charge in [0.25, 0.3) is 0 Å². The molecule has 1 N–H and O–H groups in total. The third-order valence-electron chi connectivity index (χ3n) is 1.88. The SMILES string of the molecule is CC(C)OC(=O)NCCc1nccn1C. The number of aromatic nitrogens is 2. The van der Waals surface area contributed by atoms with E-state index >= 15 is 0 Å². The number of amides is 1. The molecule has 0 aliphatic carbocycles. The van der Waals surface area contributed by atoms with Crippen LogP contribution >= 0.6 is 0 Å². The highest BCUT2D eigenvalue weighted by Crippen LogP contribution is 1.94. The molecule has 1 amide bonds. The van der Waals surface area contributed by atoms with Crippen molar-refractivity contribution in [2.45, 2.75) is 26.4 Å². The summed E-state index contributed by atoms with van der Waals surface area (Å²) in [6, 6.07) is 0. The third-order valence-corrected chi connectivity index (χ3v) is 1.88. The summed E-state index contributed by atoms with van der Waals surface area (Å²) < 4.78 is 6.85. The molecule has 0 bridgehead atoms. The molecule has 5 nitrogen and oxygen atoms in total. The van der Waals surface area contributed by atoms with Gasteiger partial charge in [-0.1, -0.05) is 0 Å². The molecule has 1 heterocycles. The number of nitrogens with zero attached hydrogens (tertiary/aromatic N) is 2. The fraction of sp³-hybridized carbons (Fsp3) is 0.600. The lowest BCUT2D eigenvalue weighted by Gasteiger charge is -2.09. The molecule has 0 spiro atoms. The van der Waals surface area contributed by atoms with Crippen LogP contribution in [0.25, 0.3) is 0 Å². The summed E-state index contributed by atoms with van der Waals surface area (Å²) in [4.78, 5) is 15.3. The zero-order chi connectivity index (χ0) is 11.3. The van der Waals surface area contributed by atoms with Crippen LogP contribution in [-0.4, -0.2) is 28.3 Å². The van der Waals surface area contributed by atoms with Crippen LogP contribution in [0.5, 0.6) is 0 Å². The number of carbonyl (C=O) groups excluding carboxylic acids is 1. The molecule has 84 valence electrons. The Bertz CT molecular complexity index is 320. The number of aryl methyl sites for hydroxylation is 1. The second-order valence-electron chi connectivity index (χ2n) is 3.59. The summed E-state index contributed by atoms with van der Waals surface area (Å²) >= 11 is 0. The first kappa shape index (κ1) is 11.6. The molecule has 0 unspecified atom stereocenters. The molecule has 0 saturated heterocycles. The van der Waals surface area contributed by atoms with E-state index in [9.17, 15) is 4.79 Å². The van der Waals surface area contributed by atoms with Gasteiger partial charge in [-0.25, -0.2) is 9.78 Å².